The van der Waals surface area contributed by atoms with Gasteiger partial charge in [0.05, 0.1) is 17.7 Å². The molecule has 0 aliphatic carbocycles. The molecular weight excluding hydrogens is 398 g/mol. The third-order valence-corrected chi connectivity index (χ3v) is 4.52. The summed E-state index contributed by atoms with van der Waals surface area (Å²) in [5.74, 6) is -1.17. The van der Waals surface area contributed by atoms with Crippen LogP contribution in [-0.2, 0) is 21.6 Å². The Labute approximate surface area is 179 Å². The number of hydrogen-bond acceptors (Lipinski definition) is 6. The molecule has 1 atom stereocenters. The van der Waals surface area contributed by atoms with E-state index in [4.69, 9.17) is 4.74 Å². The molecule has 0 aliphatic rings. The molecule has 0 spiro atoms. The number of aromatic nitrogens is 2. The molecule has 0 fully saturated rings. The first-order chi connectivity index (χ1) is 14.8. The molecule has 3 N–H and O–H groups in total. The minimum absolute atomic E-state index is 0.0615. The Balaban J connectivity index is 1.61. The Morgan fingerprint density at radius 1 is 1.10 bits per heavy atom. The number of imidazole rings is 1. The first-order valence-electron chi connectivity index (χ1n) is 9.60. The number of ether oxygens (including phenoxy) is 1. The average Bonchev–Trinajstić information content (AvgIpc) is 3.25. The van der Waals surface area contributed by atoms with Gasteiger partial charge in [0.1, 0.15) is 11.6 Å². The number of carboxylic acids is 1. The summed E-state index contributed by atoms with van der Waals surface area (Å²) < 4.78 is 5.50. The Bertz CT molecular complexity index is 1030. The van der Waals surface area contributed by atoms with Crippen LogP contribution in [0.5, 0.6) is 0 Å². The van der Waals surface area contributed by atoms with E-state index >= 15 is 0 Å². The lowest BCUT2D eigenvalue weighted by molar-refractivity contribution is -0.139. The van der Waals surface area contributed by atoms with E-state index in [0.717, 1.165) is 11.3 Å². The van der Waals surface area contributed by atoms with Crippen LogP contribution in [0.1, 0.15) is 25.1 Å². The molecule has 9 nitrogen and oxygen atoms in total. The molecular formula is C22H23N5O4. The van der Waals surface area contributed by atoms with Crippen molar-refractivity contribution in [3.05, 3.63) is 78.4 Å². The number of amides is 1. The van der Waals surface area contributed by atoms with Crippen LogP contribution in [-0.4, -0.2) is 33.2 Å². The summed E-state index contributed by atoms with van der Waals surface area (Å²) in [6, 6.07) is 15.3. The van der Waals surface area contributed by atoms with Gasteiger partial charge in [-0.05, 0) is 43.7 Å². The van der Waals surface area contributed by atoms with Crippen molar-refractivity contribution in [2.24, 2.45) is 10.2 Å². The Hall–Kier alpha value is -4.01. The van der Waals surface area contributed by atoms with Gasteiger partial charge in [0.15, 0.2) is 0 Å². The van der Waals surface area contributed by atoms with Crippen molar-refractivity contribution in [3.8, 4) is 0 Å². The molecule has 2 aromatic carbocycles. The van der Waals surface area contributed by atoms with Crippen LogP contribution in [0.4, 0.5) is 16.2 Å². The fraction of sp³-hybridized carbons (Fsp3) is 0.227. The molecule has 3 aromatic rings. The fourth-order valence-electron chi connectivity index (χ4n) is 2.82. The summed E-state index contributed by atoms with van der Waals surface area (Å²) in [6.45, 7) is 3.44. The third-order valence-electron chi connectivity index (χ3n) is 4.52. The van der Waals surface area contributed by atoms with Crippen LogP contribution in [0.2, 0.25) is 0 Å². The molecule has 0 saturated carbocycles. The van der Waals surface area contributed by atoms with Crippen LogP contribution < -0.4 is 5.32 Å². The summed E-state index contributed by atoms with van der Waals surface area (Å²) in [4.78, 5) is 30.5. The molecule has 1 heterocycles. The number of benzene rings is 2. The lowest BCUT2D eigenvalue weighted by atomic mass is 9.98. The number of nitrogens with zero attached hydrogens (tertiary/aromatic N) is 3. The third kappa shape index (κ3) is 6.23. The van der Waals surface area contributed by atoms with E-state index in [1.165, 1.54) is 12.5 Å². The van der Waals surface area contributed by atoms with E-state index in [1.807, 2.05) is 30.3 Å². The van der Waals surface area contributed by atoms with Gasteiger partial charge in [-0.15, -0.1) is 0 Å². The monoisotopic (exact) mass is 421 g/mol. The topological polar surface area (TPSA) is 129 Å². The van der Waals surface area contributed by atoms with E-state index in [-0.39, 0.29) is 6.42 Å². The molecule has 0 bridgehead atoms. The predicted octanol–water partition coefficient (Wildman–Crippen LogP) is 4.48. The SMILES string of the molecule is CC(C)(OC(=O)N[C@H](Cc1cnc[nH]1)C(=O)O)c1ccc(N=Nc2ccccc2)cc1. The van der Waals surface area contributed by atoms with Gasteiger partial charge in [0.25, 0.3) is 0 Å². The van der Waals surface area contributed by atoms with Gasteiger partial charge in [-0.2, -0.15) is 10.2 Å². The number of carbonyl (C=O) groups excluding carboxylic acids is 1. The van der Waals surface area contributed by atoms with Crippen LogP contribution in [0, 0.1) is 0 Å². The molecule has 1 amide bonds. The normalized spacial score (nSPS) is 12.5. The van der Waals surface area contributed by atoms with E-state index in [9.17, 15) is 14.7 Å². The molecule has 0 saturated heterocycles. The number of aromatic amines is 1. The second kappa shape index (κ2) is 9.66. The lowest BCUT2D eigenvalue weighted by Crippen LogP contribution is -2.44. The van der Waals surface area contributed by atoms with Crippen LogP contribution in [0.15, 0.2) is 77.3 Å². The van der Waals surface area contributed by atoms with Crippen LogP contribution in [0.25, 0.3) is 0 Å². The summed E-state index contributed by atoms with van der Waals surface area (Å²) in [5.41, 5.74) is 1.72. The Morgan fingerprint density at radius 2 is 1.74 bits per heavy atom. The summed E-state index contributed by atoms with van der Waals surface area (Å²) in [6.07, 6.45) is 2.18. The maximum atomic E-state index is 12.3. The van der Waals surface area contributed by atoms with Gasteiger partial charge in [0.2, 0.25) is 0 Å². The number of carboxylic acid groups (broad SMARTS) is 1. The van der Waals surface area contributed by atoms with Crippen molar-refractivity contribution in [2.75, 3.05) is 0 Å². The van der Waals surface area contributed by atoms with E-state index in [2.05, 4.69) is 25.5 Å². The fourth-order valence-corrected chi connectivity index (χ4v) is 2.82. The standard InChI is InChI=1S/C22H23N5O4/c1-22(2,31-21(30)25-19(20(28)29)12-18-13-23-14-24-18)15-8-10-17(11-9-15)27-26-16-6-4-3-5-7-16/h3-11,13-14,19H,12H2,1-2H3,(H,23,24)(H,25,30)(H,28,29)/t19-/m1/s1. The van der Waals surface area contributed by atoms with Crippen molar-refractivity contribution >= 4 is 23.4 Å². The van der Waals surface area contributed by atoms with Gasteiger partial charge >= 0.3 is 12.1 Å². The summed E-state index contributed by atoms with van der Waals surface area (Å²) in [5, 5.41) is 20.1. The molecule has 3 rings (SSSR count). The number of nitrogens with one attached hydrogen (secondary N) is 2. The van der Waals surface area contributed by atoms with Crippen molar-refractivity contribution < 1.29 is 19.4 Å². The number of hydrogen-bond donors (Lipinski definition) is 3. The molecule has 160 valence electrons. The van der Waals surface area contributed by atoms with Crippen molar-refractivity contribution in [1.29, 1.82) is 0 Å². The molecule has 31 heavy (non-hydrogen) atoms. The number of carbonyl (C=O) groups is 2. The van der Waals surface area contributed by atoms with Crippen LogP contribution >= 0.6 is 0 Å². The Morgan fingerprint density at radius 3 is 2.32 bits per heavy atom. The highest BCUT2D eigenvalue weighted by atomic mass is 16.6. The Kier molecular flexibility index (Phi) is 6.76. The zero-order chi connectivity index (χ0) is 22.3. The van der Waals surface area contributed by atoms with E-state index < -0.39 is 23.7 Å². The number of H-pyrrole nitrogens is 1. The molecule has 0 aliphatic heterocycles. The lowest BCUT2D eigenvalue weighted by Gasteiger charge is -2.26. The number of alkyl carbamates (subject to hydrolysis) is 1. The maximum Gasteiger partial charge on any atom is 0.408 e. The van der Waals surface area contributed by atoms with Crippen molar-refractivity contribution in [1.82, 2.24) is 15.3 Å². The first kappa shape index (κ1) is 21.7. The minimum atomic E-state index is -1.17. The molecule has 0 unspecified atom stereocenters. The minimum Gasteiger partial charge on any atom is -0.480 e. The van der Waals surface area contributed by atoms with E-state index in [1.54, 1.807) is 38.1 Å². The zero-order valence-corrected chi connectivity index (χ0v) is 17.1. The highest BCUT2D eigenvalue weighted by Crippen LogP contribution is 2.27. The molecule has 1 aromatic heterocycles. The van der Waals surface area contributed by atoms with Crippen molar-refractivity contribution in [2.45, 2.75) is 31.9 Å². The van der Waals surface area contributed by atoms with Gasteiger partial charge in [-0.25, -0.2) is 14.6 Å². The highest BCUT2D eigenvalue weighted by Gasteiger charge is 2.28. The quantitative estimate of drug-likeness (QED) is 0.462. The predicted molar refractivity (Wildman–Crippen MR) is 113 cm³/mol. The number of aliphatic carboxylic acids is 1. The van der Waals surface area contributed by atoms with Gasteiger partial charge < -0.3 is 20.1 Å². The van der Waals surface area contributed by atoms with Crippen molar-refractivity contribution in [3.63, 3.8) is 0 Å². The highest BCUT2D eigenvalue weighted by molar-refractivity contribution is 5.80. The largest absolute Gasteiger partial charge is 0.480 e. The second-order valence-electron chi connectivity index (χ2n) is 7.30. The summed E-state index contributed by atoms with van der Waals surface area (Å²) >= 11 is 0. The van der Waals surface area contributed by atoms with Gasteiger partial charge in [0, 0.05) is 18.3 Å². The summed E-state index contributed by atoms with van der Waals surface area (Å²) in [7, 11) is 0. The van der Waals surface area contributed by atoms with Crippen LogP contribution in [0.3, 0.4) is 0 Å². The smallest absolute Gasteiger partial charge is 0.408 e. The number of azo groups is 1. The van der Waals surface area contributed by atoms with Gasteiger partial charge in [-0.1, -0.05) is 30.3 Å². The van der Waals surface area contributed by atoms with E-state index in [0.29, 0.717) is 11.4 Å². The first-order valence-corrected chi connectivity index (χ1v) is 9.60. The average molecular weight is 421 g/mol. The second-order valence-corrected chi connectivity index (χ2v) is 7.30. The molecule has 0 radical (unpaired) electrons. The number of rotatable bonds is 8. The maximum absolute atomic E-state index is 12.3. The molecule has 9 heteroatoms. The van der Waals surface area contributed by atoms with Gasteiger partial charge in [-0.3, -0.25) is 0 Å². The zero-order valence-electron chi connectivity index (χ0n) is 17.1.